The van der Waals surface area contributed by atoms with Gasteiger partial charge in [0.1, 0.15) is 5.52 Å². The Bertz CT molecular complexity index is 612. The zero-order chi connectivity index (χ0) is 13.9. The molecule has 0 aliphatic carbocycles. The van der Waals surface area contributed by atoms with Gasteiger partial charge in [-0.2, -0.15) is 14.8 Å². The zero-order valence-corrected chi connectivity index (χ0v) is 11.2. The molecular weight excluding hydrogens is 260 g/mol. The Labute approximate surface area is 115 Å². The predicted octanol–water partition coefficient (Wildman–Crippen LogP) is 0.263. The van der Waals surface area contributed by atoms with E-state index in [1.54, 1.807) is 25.4 Å². The summed E-state index contributed by atoms with van der Waals surface area (Å²) < 4.78 is 12.2. The van der Waals surface area contributed by atoms with E-state index in [-0.39, 0.29) is 18.1 Å². The molecule has 1 saturated heterocycles. The summed E-state index contributed by atoms with van der Waals surface area (Å²) in [7, 11) is 1.65. The Morgan fingerprint density at radius 1 is 1.55 bits per heavy atom. The summed E-state index contributed by atoms with van der Waals surface area (Å²) in [6, 6.07) is 3.43. The number of ether oxygens (including phenoxy) is 2. The van der Waals surface area contributed by atoms with E-state index in [2.05, 4.69) is 15.5 Å². The molecule has 20 heavy (non-hydrogen) atoms. The van der Waals surface area contributed by atoms with Crippen LogP contribution in [0.25, 0.3) is 5.52 Å². The summed E-state index contributed by atoms with van der Waals surface area (Å²) in [6.45, 7) is 1.12. The predicted molar refractivity (Wildman–Crippen MR) is 70.5 cm³/mol. The Kier molecular flexibility index (Phi) is 3.62. The maximum absolute atomic E-state index is 12.3. The van der Waals surface area contributed by atoms with Crippen LogP contribution in [0.15, 0.2) is 24.5 Å². The van der Waals surface area contributed by atoms with Gasteiger partial charge in [-0.3, -0.25) is 4.79 Å². The fourth-order valence-electron chi connectivity index (χ4n) is 2.39. The van der Waals surface area contributed by atoms with E-state index in [4.69, 9.17) is 9.47 Å². The standard InChI is InChI=1S/C13H16N4O3/c1-19-12-4-6-20-8-10(12)16-13(18)9-7-15-17-11(9)3-2-5-14-17/h2-3,5,7,10,12H,4,6,8H2,1H3,(H,16,18)/t10-,12-/m0/s1. The Morgan fingerprint density at radius 2 is 2.45 bits per heavy atom. The van der Waals surface area contributed by atoms with Gasteiger partial charge >= 0.3 is 0 Å². The fraction of sp³-hybridized carbons (Fsp3) is 0.462. The minimum absolute atomic E-state index is 0.0207. The first kappa shape index (κ1) is 13.0. The second kappa shape index (κ2) is 5.56. The molecule has 0 spiro atoms. The van der Waals surface area contributed by atoms with E-state index >= 15 is 0 Å². The Hall–Kier alpha value is -1.99. The van der Waals surface area contributed by atoms with Gasteiger partial charge in [-0.25, -0.2) is 0 Å². The molecule has 1 fully saturated rings. The summed E-state index contributed by atoms with van der Waals surface area (Å²) in [4.78, 5) is 12.3. The minimum atomic E-state index is -0.189. The van der Waals surface area contributed by atoms with Crippen LogP contribution < -0.4 is 5.32 Å². The lowest BCUT2D eigenvalue weighted by atomic mass is 10.1. The maximum Gasteiger partial charge on any atom is 0.255 e. The number of amides is 1. The van der Waals surface area contributed by atoms with Gasteiger partial charge in [0, 0.05) is 19.9 Å². The molecular formula is C13H16N4O3. The third kappa shape index (κ3) is 2.37. The molecule has 2 aromatic heterocycles. The van der Waals surface area contributed by atoms with Gasteiger partial charge in [0.2, 0.25) is 0 Å². The van der Waals surface area contributed by atoms with Crippen molar-refractivity contribution in [1.82, 2.24) is 20.1 Å². The molecule has 0 unspecified atom stereocenters. The number of hydrogen-bond acceptors (Lipinski definition) is 5. The third-order valence-corrected chi connectivity index (χ3v) is 3.46. The molecule has 7 heteroatoms. The Balaban J connectivity index is 1.78. The summed E-state index contributed by atoms with van der Waals surface area (Å²) in [5, 5.41) is 11.0. The van der Waals surface area contributed by atoms with Gasteiger partial charge in [0.05, 0.1) is 30.5 Å². The van der Waals surface area contributed by atoms with Gasteiger partial charge in [-0.05, 0) is 18.6 Å². The molecule has 2 atom stereocenters. The van der Waals surface area contributed by atoms with Crippen molar-refractivity contribution in [2.24, 2.45) is 0 Å². The van der Waals surface area contributed by atoms with Gasteiger partial charge in [0.25, 0.3) is 5.91 Å². The monoisotopic (exact) mass is 276 g/mol. The van der Waals surface area contributed by atoms with E-state index in [1.807, 2.05) is 0 Å². The highest BCUT2D eigenvalue weighted by Crippen LogP contribution is 2.13. The molecule has 106 valence electrons. The SMILES string of the molecule is CO[C@H]1CCOC[C@@H]1NC(=O)c1cnn2ncccc12. The largest absolute Gasteiger partial charge is 0.379 e. The number of nitrogens with one attached hydrogen (secondary N) is 1. The topological polar surface area (TPSA) is 77.8 Å². The fourth-order valence-corrected chi connectivity index (χ4v) is 2.39. The van der Waals surface area contributed by atoms with Gasteiger partial charge in [-0.15, -0.1) is 0 Å². The van der Waals surface area contributed by atoms with Crippen molar-refractivity contribution in [3.05, 3.63) is 30.1 Å². The second-order valence-electron chi connectivity index (χ2n) is 4.67. The number of carbonyl (C=O) groups is 1. The van der Waals surface area contributed by atoms with E-state index in [9.17, 15) is 4.79 Å². The summed E-state index contributed by atoms with van der Waals surface area (Å²) >= 11 is 0. The molecule has 0 saturated carbocycles. The van der Waals surface area contributed by atoms with Crippen molar-refractivity contribution in [1.29, 1.82) is 0 Å². The number of nitrogens with zero attached hydrogens (tertiary/aromatic N) is 3. The minimum Gasteiger partial charge on any atom is -0.379 e. The van der Waals surface area contributed by atoms with E-state index in [0.717, 1.165) is 6.42 Å². The Morgan fingerprint density at radius 3 is 3.30 bits per heavy atom. The number of rotatable bonds is 3. The van der Waals surface area contributed by atoms with E-state index < -0.39 is 0 Å². The molecule has 1 amide bonds. The van der Waals surface area contributed by atoms with Crippen LogP contribution >= 0.6 is 0 Å². The van der Waals surface area contributed by atoms with E-state index in [0.29, 0.717) is 24.3 Å². The van der Waals surface area contributed by atoms with Crippen molar-refractivity contribution < 1.29 is 14.3 Å². The quantitative estimate of drug-likeness (QED) is 0.870. The molecule has 3 rings (SSSR count). The number of hydrogen-bond donors (Lipinski definition) is 1. The lowest BCUT2D eigenvalue weighted by Gasteiger charge is -2.30. The zero-order valence-electron chi connectivity index (χ0n) is 11.2. The van der Waals surface area contributed by atoms with Crippen LogP contribution in [0.5, 0.6) is 0 Å². The average Bonchev–Trinajstić information content (AvgIpc) is 2.92. The normalized spacial score (nSPS) is 22.9. The van der Waals surface area contributed by atoms with Crippen LogP contribution in [0, 0.1) is 0 Å². The van der Waals surface area contributed by atoms with Crippen LogP contribution in [-0.4, -0.2) is 53.2 Å². The third-order valence-electron chi connectivity index (χ3n) is 3.46. The van der Waals surface area contributed by atoms with Crippen LogP contribution in [-0.2, 0) is 9.47 Å². The molecule has 1 aliphatic rings. The molecule has 0 bridgehead atoms. The molecule has 1 N–H and O–H groups in total. The number of aromatic nitrogens is 3. The van der Waals surface area contributed by atoms with Crippen molar-refractivity contribution in [2.75, 3.05) is 20.3 Å². The lowest BCUT2D eigenvalue weighted by Crippen LogP contribution is -2.50. The highest BCUT2D eigenvalue weighted by Gasteiger charge is 2.28. The van der Waals surface area contributed by atoms with Crippen LogP contribution in [0.4, 0.5) is 0 Å². The van der Waals surface area contributed by atoms with Crippen LogP contribution in [0.1, 0.15) is 16.8 Å². The van der Waals surface area contributed by atoms with Crippen molar-refractivity contribution in [2.45, 2.75) is 18.6 Å². The number of methoxy groups -OCH3 is 1. The molecule has 0 aromatic carbocycles. The summed E-state index contributed by atoms with van der Waals surface area (Å²) in [5.41, 5.74) is 1.18. The van der Waals surface area contributed by atoms with Gasteiger partial charge in [-0.1, -0.05) is 0 Å². The highest BCUT2D eigenvalue weighted by atomic mass is 16.5. The number of fused-ring (bicyclic) bond motifs is 1. The number of carbonyl (C=O) groups excluding carboxylic acids is 1. The van der Waals surface area contributed by atoms with Crippen molar-refractivity contribution in [3.8, 4) is 0 Å². The summed E-state index contributed by atoms with van der Waals surface area (Å²) in [6.07, 6.45) is 3.89. The van der Waals surface area contributed by atoms with Crippen molar-refractivity contribution >= 4 is 11.4 Å². The first-order chi connectivity index (χ1) is 9.79. The van der Waals surface area contributed by atoms with Gasteiger partial charge < -0.3 is 14.8 Å². The lowest BCUT2D eigenvalue weighted by molar-refractivity contribution is -0.0349. The average molecular weight is 276 g/mol. The van der Waals surface area contributed by atoms with Crippen LogP contribution in [0.3, 0.4) is 0 Å². The molecule has 3 heterocycles. The molecule has 2 aromatic rings. The first-order valence-electron chi connectivity index (χ1n) is 6.50. The maximum atomic E-state index is 12.3. The second-order valence-corrected chi connectivity index (χ2v) is 4.67. The molecule has 7 nitrogen and oxygen atoms in total. The summed E-state index contributed by atoms with van der Waals surface area (Å²) in [5.74, 6) is -0.189. The van der Waals surface area contributed by atoms with Gasteiger partial charge in [0.15, 0.2) is 0 Å². The molecule has 1 aliphatic heterocycles. The van der Waals surface area contributed by atoms with Crippen molar-refractivity contribution in [3.63, 3.8) is 0 Å². The van der Waals surface area contributed by atoms with E-state index in [1.165, 1.54) is 10.8 Å². The molecule has 0 radical (unpaired) electrons. The highest BCUT2D eigenvalue weighted by molar-refractivity contribution is 6.00. The van der Waals surface area contributed by atoms with Crippen LogP contribution in [0.2, 0.25) is 0 Å². The first-order valence-corrected chi connectivity index (χ1v) is 6.50. The smallest absolute Gasteiger partial charge is 0.255 e.